The third-order valence-electron chi connectivity index (χ3n) is 4.55. The van der Waals surface area contributed by atoms with Gasteiger partial charge < -0.3 is 4.90 Å². The highest BCUT2D eigenvalue weighted by atomic mass is 19.1. The SMILES string of the molecule is Cc1cccc(CN(C)C(=O)c2cc(-c3cncnc3)nc3cc(F)ccc23)n1. The fourth-order valence-corrected chi connectivity index (χ4v) is 3.17. The first kappa shape index (κ1) is 18.6. The van der Waals surface area contributed by atoms with E-state index in [9.17, 15) is 9.18 Å². The number of hydrogen-bond donors (Lipinski definition) is 0. The van der Waals surface area contributed by atoms with Gasteiger partial charge in [0.25, 0.3) is 5.91 Å². The van der Waals surface area contributed by atoms with E-state index in [1.54, 1.807) is 36.5 Å². The second-order valence-corrected chi connectivity index (χ2v) is 6.78. The van der Waals surface area contributed by atoms with Crippen molar-refractivity contribution in [2.24, 2.45) is 0 Å². The molecule has 4 aromatic rings. The van der Waals surface area contributed by atoms with Crippen LogP contribution in [-0.2, 0) is 6.54 Å². The van der Waals surface area contributed by atoms with Crippen LogP contribution in [0.5, 0.6) is 0 Å². The fourth-order valence-electron chi connectivity index (χ4n) is 3.17. The zero-order valence-corrected chi connectivity index (χ0v) is 16.0. The summed E-state index contributed by atoms with van der Waals surface area (Å²) >= 11 is 0. The number of carbonyl (C=O) groups is 1. The minimum Gasteiger partial charge on any atom is -0.336 e. The molecule has 0 N–H and O–H groups in total. The van der Waals surface area contributed by atoms with E-state index in [1.165, 1.54) is 18.5 Å². The Kier molecular flexibility index (Phi) is 4.95. The molecule has 29 heavy (non-hydrogen) atoms. The monoisotopic (exact) mass is 387 g/mol. The molecule has 1 aromatic carbocycles. The number of amides is 1. The molecule has 144 valence electrons. The van der Waals surface area contributed by atoms with Gasteiger partial charge >= 0.3 is 0 Å². The van der Waals surface area contributed by atoms with Crippen molar-refractivity contribution in [1.82, 2.24) is 24.8 Å². The number of aryl methyl sites for hydroxylation is 1. The molecular weight excluding hydrogens is 369 g/mol. The number of halogens is 1. The van der Waals surface area contributed by atoms with Gasteiger partial charge in [-0.15, -0.1) is 0 Å². The van der Waals surface area contributed by atoms with Gasteiger partial charge in [0.05, 0.1) is 29.0 Å². The lowest BCUT2D eigenvalue weighted by Gasteiger charge is -2.19. The van der Waals surface area contributed by atoms with Crippen LogP contribution in [0.4, 0.5) is 4.39 Å². The van der Waals surface area contributed by atoms with Crippen LogP contribution in [0.2, 0.25) is 0 Å². The van der Waals surface area contributed by atoms with Crippen molar-refractivity contribution in [1.29, 1.82) is 0 Å². The molecule has 4 rings (SSSR count). The number of benzene rings is 1. The summed E-state index contributed by atoms with van der Waals surface area (Å²) in [5.41, 5.74) is 3.67. The van der Waals surface area contributed by atoms with Crippen molar-refractivity contribution >= 4 is 16.8 Å². The van der Waals surface area contributed by atoms with Crippen LogP contribution in [0.3, 0.4) is 0 Å². The van der Waals surface area contributed by atoms with Crippen LogP contribution >= 0.6 is 0 Å². The van der Waals surface area contributed by atoms with E-state index in [2.05, 4.69) is 19.9 Å². The molecule has 0 saturated carbocycles. The zero-order valence-electron chi connectivity index (χ0n) is 16.0. The van der Waals surface area contributed by atoms with Gasteiger partial charge in [0.15, 0.2) is 0 Å². The van der Waals surface area contributed by atoms with E-state index in [-0.39, 0.29) is 5.91 Å². The second-order valence-electron chi connectivity index (χ2n) is 6.78. The average Bonchev–Trinajstić information content (AvgIpc) is 2.72. The summed E-state index contributed by atoms with van der Waals surface area (Å²) in [6.07, 6.45) is 4.63. The molecule has 6 nitrogen and oxygen atoms in total. The van der Waals surface area contributed by atoms with E-state index in [4.69, 9.17) is 0 Å². The molecule has 1 amide bonds. The van der Waals surface area contributed by atoms with E-state index in [0.717, 1.165) is 11.4 Å². The molecule has 3 aromatic heterocycles. The summed E-state index contributed by atoms with van der Waals surface area (Å²) in [6.45, 7) is 2.26. The van der Waals surface area contributed by atoms with Gasteiger partial charge in [-0.3, -0.25) is 9.78 Å². The Morgan fingerprint density at radius 1 is 1.07 bits per heavy atom. The van der Waals surface area contributed by atoms with Crippen LogP contribution in [0.1, 0.15) is 21.7 Å². The Balaban J connectivity index is 1.77. The highest BCUT2D eigenvalue weighted by molar-refractivity contribution is 6.07. The molecule has 0 aliphatic rings. The molecule has 0 aliphatic carbocycles. The van der Waals surface area contributed by atoms with Crippen LogP contribution in [0.15, 0.2) is 61.2 Å². The van der Waals surface area contributed by atoms with Gasteiger partial charge in [0.2, 0.25) is 0 Å². The Bertz CT molecular complexity index is 1200. The number of nitrogens with zero attached hydrogens (tertiary/aromatic N) is 5. The molecule has 0 atom stereocenters. The summed E-state index contributed by atoms with van der Waals surface area (Å²) in [5.74, 6) is -0.618. The van der Waals surface area contributed by atoms with Crippen molar-refractivity contribution in [2.75, 3.05) is 7.05 Å². The van der Waals surface area contributed by atoms with Gasteiger partial charge in [-0.1, -0.05) is 6.07 Å². The Morgan fingerprint density at radius 2 is 1.86 bits per heavy atom. The highest BCUT2D eigenvalue weighted by Gasteiger charge is 2.19. The quantitative estimate of drug-likeness (QED) is 0.533. The van der Waals surface area contributed by atoms with E-state index in [1.807, 2.05) is 25.1 Å². The van der Waals surface area contributed by atoms with Gasteiger partial charge in [-0.05, 0) is 37.3 Å². The Labute approximate surface area is 167 Å². The van der Waals surface area contributed by atoms with Crippen molar-refractivity contribution in [3.05, 3.63) is 84.0 Å². The molecule has 0 spiro atoms. The summed E-state index contributed by atoms with van der Waals surface area (Å²) < 4.78 is 13.8. The van der Waals surface area contributed by atoms with Crippen molar-refractivity contribution < 1.29 is 9.18 Å². The first-order chi connectivity index (χ1) is 14.0. The van der Waals surface area contributed by atoms with Crippen molar-refractivity contribution in [3.8, 4) is 11.3 Å². The van der Waals surface area contributed by atoms with Gasteiger partial charge in [0.1, 0.15) is 12.1 Å². The second kappa shape index (κ2) is 7.71. The minimum absolute atomic E-state index is 0.203. The van der Waals surface area contributed by atoms with E-state index in [0.29, 0.717) is 34.3 Å². The first-order valence-corrected chi connectivity index (χ1v) is 9.05. The smallest absolute Gasteiger partial charge is 0.254 e. The third kappa shape index (κ3) is 3.94. The van der Waals surface area contributed by atoms with Gasteiger partial charge in [-0.2, -0.15) is 0 Å². The maximum Gasteiger partial charge on any atom is 0.254 e. The lowest BCUT2D eigenvalue weighted by Crippen LogP contribution is -2.27. The van der Waals surface area contributed by atoms with Crippen LogP contribution < -0.4 is 0 Å². The maximum atomic E-state index is 13.8. The predicted octanol–water partition coefficient (Wildman–Crippen LogP) is 3.81. The van der Waals surface area contributed by atoms with Gasteiger partial charge in [0, 0.05) is 42.2 Å². The summed E-state index contributed by atoms with van der Waals surface area (Å²) in [6, 6.07) is 11.6. The predicted molar refractivity (Wildman–Crippen MR) is 107 cm³/mol. The molecule has 3 heterocycles. The third-order valence-corrected chi connectivity index (χ3v) is 4.55. The number of hydrogen-bond acceptors (Lipinski definition) is 5. The normalized spacial score (nSPS) is 10.9. The molecule has 0 radical (unpaired) electrons. The number of rotatable bonds is 4. The van der Waals surface area contributed by atoms with E-state index < -0.39 is 5.82 Å². The summed E-state index contributed by atoms with van der Waals surface area (Å²) in [7, 11) is 1.72. The summed E-state index contributed by atoms with van der Waals surface area (Å²) in [5, 5.41) is 0.584. The van der Waals surface area contributed by atoms with Crippen LogP contribution in [-0.4, -0.2) is 37.8 Å². The minimum atomic E-state index is -0.415. The average molecular weight is 387 g/mol. The number of carbonyl (C=O) groups excluding carboxylic acids is 1. The highest BCUT2D eigenvalue weighted by Crippen LogP contribution is 2.26. The molecular formula is C22H18FN5O. The largest absolute Gasteiger partial charge is 0.336 e. The van der Waals surface area contributed by atoms with Crippen molar-refractivity contribution in [2.45, 2.75) is 13.5 Å². The fraction of sp³-hybridized carbons (Fsp3) is 0.136. The first-order valence-electron chi connectivity index (χ1n) is 9.05. The van der Waals surface area contributed by atoms with Gasteiger partial charge in [-0.25, -0.2) is 19.3 Å². The lowest BCUT2D eigenvalue weighted by atomic mass is 10.0. The van der Waals surface area contributed by atoms with Crippen molar-refractivity contribution in [3.63, 3.8) is 0 Å². The Hall–Kier alpha value is -3.74. The molecule has 0 bridgehead atoms. The molecule has 0 aliphatic heterocycles. The number of aromatic nitrogens is 4. The molecule has 0 saturated heterocycles. The lowest BCUT2D eigenvalue weighted by molar-refractivity contribution is 0.0785. The number of fused-ring (bicyclic) bond motifs is 1. The number of pyridine rings is 2. The van der Waals surface area contributed by atoms with Crippen LogP contribution in [0, 0.1) is 12.7 Å². The zero-order chi connectivity index (χ0) is 20.4. The van der Waals surface area contributed by atoms with E-state index >= 15 is 0 Å². The standard InChI is InChI=1S/C22H18FN5O/c1-14-4-3-5-17(26-14)12-28(2)22(29)19-9-20(15-10-24-13-25-11-15)27-21-8-16(23)6-7-18(19)21/h3-11,13H,12H2,1-2H3. The topological polar surface area (TPSA) is 71.9 Å². The Morgan fingerprint density at radius 3 is 2.62 bits per heavy atom. The maximum absolute atomic E-state index is 13.8. The molecule has 0 unspecified atom stereocenters. The van der Waals surface area contributed by atoms with Crippen LogP contribution in [0.25, 0.3) is 22.2 Å². The molecule has 0 fully saturated rings. The molecule has 7 heteroatoms. The summed E-state index contributed by atoms with van der Waals surface area (Å²) in [4.78, 5) is 31.8.